The van der Waals surface area contributed by atoms with E-state index < -0.39 is 49.7 Å². The van der Waals surface area contributed by atoms with Gasteiger partial charge in [0, 0.05) is 95.1 Å². The Hall–Kier alpha value is -8.18. The summed E-state index contributed by atoms with van der Waals surface area (Å²) in [6, 6.07) is 28.4. The highest BCUT2D eigenvalue weighted by Crippen LogP contribution is 2.36. The third-order valence-electron chi connectivity index (χ3n) is 15.1. The molecular weight excluding hydrogens is 1090 g/mol. The van der Waals surface area contributed by atoms with Crippen LogP contribution in [0.15, 0.2) is 115 Å². The minimum Gasteiger partial charge on any atom is -0.423 e. The van der Waals surface area contributed by atoms with Gasteiger partial charge in [0.1, 0.15) is 0 Å². The van der Waals surface area contributed by atoms with Gasteiger partial charge in [0.25, 0.3) is 23.6 Å². The normalized spacial score (nSPS) is 13.0. The van der Waals surface area contributed by atoms with E-state index in [2.05, 4.69) is 43.2 Å². The molecule has 8 amide bonds. The van der Waals surface area contributed by atoms with Crippen molar-refractivity contribution in [3.05, 3.63) is 143 Å². The van der Waals surface area contributed by atoms with Gasteiger partial charge in [0.05, 0.1) is 13.1 Å². The number of Topliss-reactive ketones (excluding diaryl/α,β-unsaturated/α-hetero) is 1. The van der Waals surface area contributed by atoms with Crippen molar-refractivity contribution in [2.75, 3.05) is 52.4 Å². The molecule has 21 nitrogen and oxygen atoms in total. The highest BCUT2D eigenvalue weighted by atomic mass is 16.4. The van der Waals surface area contributed by atoms with Crippen molar-refractivity contribution in [1.82, 2.24) is 40.9 Å². The van der Waals surface area contributed by atoms with E-state index >= 15 is 0 Å². The van der Waals surface area contributed by atoms with Crippen molar-refractivity contribution >= 4 is 99.7 Å². The predicted molar refractivity (Wildman–Crippen MR) is 322 cm³/mol. The number of hydrogen-bond donors (Lipinski definition) is 8. The van der Waals surface area contributed by atoms with Crippen molar-refractivity contribution < 1.29 is 63.2 Å². The minimum atomic E-state index is -1.69. The molecular formula is C62H74B2N8O13. The monoisotopic (exact) mass is 1160 g/mol. The third kappa shape index (κ3) is 18.9. The first-order valence-corrected chi connectivity index (χ1v) is 28.9. The van der Waals surface area contributed by atoms with Crippen LogP contribution in [-0.4, -0.2) is 159 Å². The van der Waals surface area contributed by atoms with Crippen LogP contribution >= 0.6 is 0 Å². The number of benzene rings is 5. The van der Waals surface area contributed by atoms with Gasteiger partial charge in [-0.15, -0.1) is 0 Å². The molecule has 0 aliphatic carbocycles. The Morgan fingerprint density at radius 2 is 0.835 bits per heavy atom. The molecule has 0 bridgehead atoms. The summed E-state index contributed by atoms with van der Waals surface area (Å²) in [5.74, 6) is -3.65. The molecule has 0 spiro atoms. The molecule has 5 aromatic rings. The number of fused-ring (bicyclic) bond motifs is 2. The van der Waals surface area contributed by atoms with Crippen molar-refractivity contribution in [1.29, 1.82) is 0 Å². The topological polar surface area (TPSA) is 296 Å². The largest absolute Gasteiger partial charge is 0.488 e. The Morgan fingerprint density at radius 3 is 1.26 bits per heavy atom. The Morgan fingerprint density at radius 1 is 0.447 bits per heavy atom. The lowest BCUT2D eigenvalue weighted by Gasteiger charge is -2.28. The lowest BCUT2D eigenvalue weighted by Crippen LogP contribution is -2.39. The molecule has 0 saturated carbocycles. The van der Waals surface area contributed by atoms with E-state index in [9.17, 15) is 63.2 Å². The van der Waals surface area contributed by atoms with Gasteiger partial charge in [-0.25, -0.2) is 0 Å². The molecule has 2 aliphatic heterocycles. The van der Waals surface area contributed by atoms with Gasteiger partial charge in [-0.05, 0) is 106 Å². The molecule has 85 heavy (non-hydrogen) atoms. The zero-order valence-corrected chi connectivity index (χ0v) is 47.9. The molecule has 0 fully saturated rings. The number of ketones is 1. The average Bonchev–Trinajstić information content (AvgIpc) is 2.74. The van der Waals surface area contributed by atoms with Gasteiger partial charge in [0.2, 0.25) is 23.6 Å². The maximum atomic E-state index is 13.2. The number of rotatable bonds is 35. The molecule has 0 saturated heterocycles. The van der Waals surface area contributed by atoms with E-state index in [4.69, 9.17) is 0 Å². The first-order chi connectivity index (χ1) is 41.0. The van der Waals surface area contributed by atoms with E-state index in [-0.39, 0.29) is 56.6 Å². The van der Waals surface area contributed by atoms with Crippen LogP contribution in [0.3, 0.4) is 0 Å². The molecule has 7 rings (SSSR count). The molecule has 446 valence electrons. The molecule has 0 unspecified atom stereocenters. The number of carbonyl (C=O) groups excluding carboxylic acids is 9. The second-order valence-electron chi connectivity index (χ2n) is 21.3. The molecule has 0 aromatic heterocycles. The summed E-state index contributed by atoms with van der Waals surface area (Å²) < 4.78 is 0. The summed E-state index contributed by atoms with van der Waals surface area (Å²) in [4.78, 5) is 116. The molecule has 5 aromatic carbocycles. The molecule has 0 atom stereocenters. The quantitative estimate of drug-likeness (QED) is 0.00944. The summed E-state index contributed by atoms with van der Waals surface area (Å²) in [7, 11) is -3.38. The summed E-state index contributed by atoms with van der Waals surface area (Å²) in [6.45, 7) is 4.60. The first-order valence-electron chi connectivity index (χ1n) is 28.9. The summed E-state index contributed by atoms with van der Waals surface area (Å²) >= 11 is 0. The lowest BCUT2D eigenvalue weighted by molar-refractivity contribution is -0.139. The highest BCUT2D eigenvalue weighted by molar-refractivity contribution is 6.59. The third-order valence-corrected chi connectivity index (χ3v) is 15.1. The number of carbonyl (C=O) groups is 9. The highest BCUT2D eigenvalue weighted by Gasteiger charge is 2.27. The van der Waals surface area contributed by atoms with Crippen molar-refractivity contribution in [3.8, 4) is 0 Å². The zero-order valence-electron chi connectivity index (χ0n) is 47.9. The standard InChI is InChI=1S/C62H74B2N8O13/c1-43(73)44-22-23-49-50(36-44)52(42-70(40-46-17-7-11-21-54(46)64(84)85)33-15-5-3-13-31-66-58(77)38-68-56(75)29-35-72-61(80)26-27-62(72)81)48-19-9-8-18-47(48)51(49)41-69(39-45-16-6-10-20-53(45)63(82)83)32-14-4-2-12-30-65-57(76)37-67-55(74)28-34-71-59(78)24-25-60(71)79/h6-11,16-27,36,82-85H,2-5,12-15,28-35,37-42H2,1H3,(H,65,76)(H,66,77)(H,67,74)(H,68,75). The van der Waals surface area contributed by atoms with E-state index in [0.29, 0.717) is 81.7 Å². The Bertz CT molecular complexity index is 3280. The Balaban J connectivity index is 1.02. The molecule has 2 heterocycles. The molecule has 2 aliphatic rings. The number of amides is 8. The fourth-order valence-electron chi connectivity index (χ4n) is 10.6. The van der Waals surface area contributed by atoms with Gasteiger partial charge in [-0.1, -0.05) is 111 Å². The van der Waals surface area contributed by atoms with Gasteiger partial charge >= 0.3 is 14.2 Å². The zero-order chi connectivity index (χ0) is 60.8. The predicted octanol–water partition coefficient (Wildman–Crippen LogP) is 1.78. The number of unbranched alkanes of at least 4 members (excludes halogenated alkanes) is 6. The van der Waals surface area contributed by atoms with E-state index in [0.717, 1.165) is 116 Å². The maximum Gasteiger partial charge on any atom is 0.488 e. The van der Waals surface area contributed by atoms with Crippen molar-refractivity contribution in [2.45, 2.75) is 97.3 Å². The summed E-state index contributed by atoms with van der Waals surface area (Å²) in [5.41, 5.74) is 4.85. The van der Waals surface area contributed by atoms with Crippen molar-refractivity contribution in [2.24, 2.45) is 0 Å². The number of nitrogens with zero attached hydrogens (tertiary/aromatic N) is 4. The van der Waals surface area contributed by atoms with Gasteiger partial charge in [0.15, 0.2) is 5.78 Å². The van der Waals surface area contributed by atoms with Crippen LogP contribution < -0.4 is 32.2 Å². The Kier molecular flexibility index (Phi) is 24.4. The molecule has 0 radical (unpaired) electrons. The summed E-state index contributed by atoms with van der Waals surface area (Å²) in [5, 5.41) is 56.3. The van der Waals surface area contributed by atoms with Crippen LogP contribution in [0.25, 0.3) is 21.5 Å². The smallest absolute Gasteiger partial charge is 0.423 e. The Labute approximate surface area is 494 Å². The average molecular weight is 1160 g/mol. The minimum absolute atomic E-state index is 0.0761. The number of hydrogen-bond acceptors (Lipinski definition) is 15. The fraction of sp³-hybridized carbons (Fsp3) is 0.371. The van der Waals surface area contributed by atoms with Crippen LogP contribution in [-0.2, 0) is 64.5 Å². The fourth-order valence-corrected chi connectivity index (χ4v) is 10.6. The van der Waals surface area contributed by atoms with Crippen molar-refractivity contribution in [3.63, 3.8) is 0 Å². The van der Waals surface area contributed by atoms with E-state index in [1.807, 2.05) is 54.6 Å². The second-order valence-corrected chi connectivity index (χ2v) is 21.3. The van der Waals surface area contributed by atoms with Crippen LogP contribution in [0, 0.1) is 0 Å². The van der Waals surface area contributed by atoms with Crippen LogP contribution in [0.1, 0.15) is 104 Å². The van der Waals surface area contributed by atoms with Gasteiger partial charge < -0.3 is 41.4 Å². The van der Waals surface area contributed by atoms with Gasteiger partial charge in [-0.3, -0.25) is 62.8 Å². The first kappa shape index (κ1) is 64.4. The lowest BCUT2D eigenvalue weighted by atomic mass is 9.77. The van der Waals surface area contributed by atoms with Gasteiger partial charge in [-0.2, -0.15) is 0 Å². The molecule has 23 heteroatoms. The van der Waals surface area contributed by atoms with Crippen LogP contribution in [0.4, 0.5) is 0 Å². The van der Waals surface area contributed by atoms with E-state index in [1.54, 1.807) is 24.3 Å². The maximum absolute atomic E-state index is 13.2. The second kappa shape index (κ2) is 32.2. The number of imide groups is 2. The summed E-state index contributed by atoms with van der Waals surface area (Å²) in [6.07, 6.45) is 10.5. The van der Waals surface area contributed by atoms with Crippen LogP contribution in [0.2, 0.25) is 0 Å². The molecule has 8 N–H and O–H groups in total. The van der Waals surface area contributed by atoms with E-state index in [1.165, 1.54) is 6.92 Å². The number of nitrogens with one attached hydrogen (secondary N) is 4. The van der Waals surface area contributed by atoms with Crippen LogP contribution in [0.5, 0.6) is 0 Å². The SMILES string of the molecule is CC(=O)c1ccc2c(CN(CCCCCCNC(=O)CNC(=O)CCN3C(=O)C=CC3=O)Cc3ccccc3B(O)O)c3ccccc3c(CN(CCCCCCNC(=O)CNC(=O)CCN3C(=O)C=CC3=O)Cc3ccccc3B(O)O)c2c1.